The second kappa shape index (κ2) is 4.23. The maximum atomic E-state index is 5.63. The summed E-state index contributed by atoms with van der Waals surface area (Å²) in [4.78, 5) is 0. The van der Waals surface area contributed by atoms with E-state index in [0.29, 0.717) is 11.3 Å². The van der Waals surface area contributed by atoms with Gasteiger partial charge in [-0.25, -0.2) is 0 Å². The highest BCUT2D eigenvalue weighted by Crippen LogP contribution is 2.07. The molecular formula is C9H18N4. The van der Waals surface area contributed by atoms with Gasteiger partial charge in [0.1, 0.15) is 5.79 Å². The maximum Gasteiger partial charge on any atom is 0.144 e. The number of allylic oxidation sites excluding steroid dienone is 3. The quantitative estimate of drug-likeness (QED) is 0.361. The van der Waals surface area contributed by atoms with Crippen LogP contribution in [0.25, 0.3) is 0 Å². The smallest absolute Gasteiger partial charge is 0.144 e. The topological polar surface area (TPSA) is 104 Å². The van der Waals surface area contributed by atoms with E-state index in [2.05, 4.69) is 6.58 Å². The summed E-state index contributed by atoms with van der Waals surface area (Å²) in [6.45, 7) is 7.51. The SMILES string of the molecule is C=C(/C(N)=C\C=C(C)C)C(N)(N)N. The van der Waals surface area contributed by atoms with E-state index >= 15 is 0 Å². The van der Waals surface area contributed by atoms with Gasteiger partial charge in [0, 0.05) is 11.3 Å². The van der Waals surface area contributed by atoms with Crippen molar-refractivity contribution in [2.75, 3.05) is 0 Å². The highest BCUT2D eigenvalue weighted by molar-refractivity contribution is 5.35. The Morgan fingerprint density at radius 2 is 1.62 bits per heavy atom. The van der Waals surface area contributed by atoms with Crippen LogP contribution in [0.4, 0.5) is 0 Å². The fourth-order valence-corrected chi connectivity index (χ4v) is 0.607. The van der Waals surface area contributed by atoms with Crippen LogP contribution < -0.4 is 22.9 Å². The molecule has 0 aliphatic rings. The summed E-state index contributed by atoms with van der Waals surface area (Å²) in [7, 11) is 0. The van der Waals surface area contributed by atoms with Crippen molar-refractivity contribution in [1.82, 2.24) is 0 Å². The van der Waals surface area contributed by atoms with E-state index in [4.69, 9.17) is 22.9 Å². The molecule has 8 N–H and O–H groups in total. The van der Waals surface area contributed by atoms with Gasteiger partial charge in [0.15, 0.2) is 0 Å². The number of rotatable bonds is 3. The van der Waals surface area contributed by atoms with E-state index in [9.17, 15) is 0 Å². The Bertz CT molecular complexity index is 251. The van der Waals surface area contributed by atoms with Gasteiger partial charge in [-0.05, 0) is 19.9 Å². The average Bonchev–Trinajstić information content (AvgIpc) is 1.96. The van der Waals surface area contributed by atoms with Gasteiger partial charge in [0.05, 0.1) is 0 Å². The molecule has 0 aromatic rings. The average molecular weight is 182 g/mol. The first-order valence-electron chi connectivity index (χ1n) is 3.92. The third-order valence-electron chi connectivity index (χ3n) is 1.47. The second-order valence-electron chi connectivity index (χ2n) is 3.28. The monoisotopic (exact) mass is 182 g/mol. The first-order chi connectivity index (χ1) is 5.75. The summed E-state index contributed by atoms with van der Waals surface area (Å²) in [6, 6.07) is 0. The molecule has 0 bridgehead atoms. The fraction of sp³-hybridized carbons (Fsp3) is 0.333. The van der Waals surface area contributed by atoms with Crippen LogP contribution in [0.15, 0.2) is 35.6 Å². The Kier molecular flexibility index (Phi) is 3.87. The molecule has 0 atom stereocenters. The number of nitrogens with two attached hydrogens (primary N) is 4. The van der Waals surface area contributed by atoms with Crippen LogP contribution in [0.1, 0.15) is 13.8 Å². The summed E-state index contributed by atoms with van der Waals surface area (Å²) < 4.78 is 0. The lowest BCUT2D eigenvalue weighted by molar-refractivity contribution is 0.552. The molecule has 0 aromatic carbocycles. The van der Waals surface area contributed by atoms with Crippen LogP contribution in [0.2, 0.25) is 0 Å². The van der Waals surface area contributed by atoms with E-state index in [1.807, 2.05) is 19.9 Å². The highest BCUT2D eigenvalue weighted by Gasteiger charge is 2.17. The zero-order chi connectivity index (χ0) is 10.6. The van der Waals surface area contributed by atoms with Crippen LogP contribution in [0, 0.1) is 0 Å². The fourth-order valence-electron chi connectivity index (χ4n) is 0.607. The lowest BCUT2D eigenvalue weighted by atomic mass is 10.1. The van der Waals surface area contributed by atoms with Gasteiger partial charge >= 0.3 is 0 Å². The Balaban J connectivity index is 4.63. The van der Waals surface area contributed by atoms with Gasteiger partial charge in [-0.15, -0.1) is 0 Å². The predicted molar refractivity (Wildman–Crippen MR) is 56.1 cm³/mol. The van der Waals surface area contributed by atoms with Gasteiger partial charge < -0.3 is 5.73 Å². The molecule has 0 aliphatic carbocycles. The summed E-state index contributed by atoms with van der Waals surface area (Å²) in [5.41, 5.74) is 23.7. The predicted octanol–water partition coefficient (Wildman–Crippen LogP) is -0.119. The zero-order valence-corrected chi connectivity index (χ0v) is 8.17. The standard InChI is InChI=1S/C9H18N4/c1-6(2)4-5-8(10)7(3)9(11,12)13/h4-5H,3,10-13H2,1-2H3/b8-5+. The van der Waals surface area contributed by atoms with E-state index < -0.39 is 5.79 Å². The molecule has 0 unspecified atom stereocenters. The van der Waals surface area contributed by atoms with Gasteiger partial charge in [-0.1, -0.05) is 18.2 Å². The van der Waals surface area contributed by atoms with E-state index in [-0.39, 0.29) is 0 Å². The van der Waals surface area contributed by atoms with Crippen molar-refractivity contribution in [3.05, 3.63) is 35.6 Å². The van der Waals surface area contributed by atoms with Gasteiger partial charge in [0.25, 0.3) is 0 Å². The van der Waals surface area contributed by atoms with E-state index in [1.165, 1.54) is 0 Å². The molecule has 4 nitrogen and oxygen atoms in total. The Morgan fingerprint density at radius 3 is 1.92 bits per heavy atom. The molecule has 0 fully saturated rings. The molecule has 0 saturated heterocycles. The van der Waals surface area contributed by atoms with Crippen LogP contribution in [-0.4, -0.2) is 5.79 Å². The third-order valence-corrected chi connectivity index (χ3v) is 1.47. The van der Waals surface area contributed by atoms with Crippen LogP contribution >= 0.6 is 0 Å². The lowest BCUT2D eigenvalue weighted by Crippen LogP contribution is -2.59. The van der Waals surface area contributed by atoms with Crippen molar-refractivity contribution in [2.45, 2.75) is 19.6 Å². The molecule has 0 saturated carbocycles. The van der Waals surface area contributed by atoms with Crippen molar-refractivity contribution in [3.8, 4) is 0 Å². The Labute approximate surface area is 78.9 Å². The van der Waals surface area contributed by atoms with Crippen molar-refractivity contribution in [3.63, 3.8) is 0 Å². The minimum atomic E-state index is -1.45. The van der Waals surface area contributed by atoms with Crippen molar-refractivity contribution in [1.29, 1.82) is 0 Å². The normalized spacial score (nSPS) is 12.5. The lowest BCUT2D eigenvalue weighted by Gasteiger charge is -2.21. The first kappa shape index (κ1) is 11.9. The van der Waals surface area contributed by atoms with Crippen molar-refractivity contribution >= 4 is 0 Å². The third kappa shape index (κ3) is 4.47. The van der Waals surface area contributed by atoms with Gasteiger partial charge in [-0.2, -0.15) is 0 Å². The minimum absolute atomic E-state index is 0.324. The van der Waals surface area contributed by atoms with Crippen LogP contribution in [0.5, 0.6) is 0 Å². The molecular weight excluding hydrogens is 164 g/mol. The molecule has 13 heavy (non-hydrogen) atoms. The summed E-state index contributed by atoms with van der Waals surface area (Å²) in [5, 5.41) is 0. The molecule has 0 radical (unpaired) electrons. The minimum Gasteiger partial charge on any atom is -0.398 e. The molecule has 0 spiro atoms. The van der Waals surface area contributed by atoms with E-state index in [1.54, 1.807) is 6.08 Å². The molecule has 0 aliphatic heterocycles. The largest absolute Gasteiger partial charge is 0.398 e. The molecule has 0 rings (SSSR count). The van der Waals surface area contributed by atoms with Crippen LogP contribution in [-0.2, 0) is 0 Å². The molecule has 74 valence electrons. The maximum absolute atomic E-state index is 5.63. The number of hydrogen-bond donors (Lipinski definition) is 4. The highest BCUT2D eigenvalue weighted by atomic mass is 15.1. The van der Waals surface area contributed by atoms with Crippen LogP contribution in [0.3, 0.4) is 0 Å². The summed E-state index contributed by atoms with van der Waals surface area (Å²) in [6.07, 6.45) is 3.52. The van der Waals surface area contributed by atoms with E-state index in [0.717, 1.165) is 5.57 Å². The molecule has 0 amide bonds. The molecule has 0 aromatic heterocycles. The second-order valence-corrected chi connectivity index (χ2v) is 3.28. The molecule has 0 heterocycles. The molecule has 4 heteroatoms. The summed E-state index contributed by atoms with van der Waals surface area (Å²) >= 11 is 0. The Hall–Kier alpha value is -1.10. The summed E-state index contributed by atoms with van der Waals surface area (Å²) in [5.74, 6) is -1.45. The van der Waals surface area contributed by atoms with Crippen molar-refractivity contribution < 1.29 is 0 Å². The van der Waals surface area contributed by atoms with Crippen molar-refractivity contribution in [2.24, 2.45) is 22.9 Å². The van der Waals surface area contributed by atoms with Gasteiger partial charge in [0.2, 0.25) is 0 Å². The first-order valence-corrected chi connectivity index (χ1v) is 3.92. The zero-order valence-electron chi connectivity index (χ0n) is 8.17. The Morgan fingerprint density at radius 1 is 1.15 bits per heavy atom. The van der Waals surface area contributed by atoms with Gasteiger partial charge in [-0.3, -0.25) is 17.2 Å². The number of hydrogen-bond acceptors (Lipinski definition) is 4.